The lowest BCUT2D eigenvalue weighted by Gasteiger charge is -2.26. The van der Waals surface area contributed by atoms with E-state index in [2.05, 4.69) is 51.7 Å². The summed E-state index contributed by atoms with van der Waals surface area (Å²) in [6, 6.07) is 18.9. The standard InChI is InChI=1S/C23H25N3OS/c1-16-21(14-17-8-3-2-4-9-17)26-23(24-16)28-15-22(27)25-20-13-7-11-18-10-5-6-12-19(18)20/h2-6,8-10,12,20H,7,11,13-15H2,1H3,(H,24,26)(H,25,27)/t20-/m1/s1. The molecular weight excluding hydrogens is 366 g/mol. The maximum absolute atomic E-state index is 12.5. The number of benzene rings is 2. The lowest BCUT2D eigenvalue weighted by atomic mass is 9.88. The number of aromatic nitrogens is 2. The number of hydrogen-bond donors (Lipinski definition) is 2. The molecule has 0 saturated carbocycles. The van der Waals surface area contributed by atoms with Crippen LogP contribution in [0.2, 0.25) is 0 Å². The van der Waals surface area contributed by atoms with Crippen LogP contribution >= 0.6 is 11.8 Å². The average molecular weight is 392 g/mol. The lowest BCUT2D eigenvalue weighted by molar-refractivity contribution is -0.119. The van der Waals surface area contributed by atoms with Crippen LogP contribution in [0.3, 0.4) is 0 Å². The zero-order chi connectivity index (χ0) is 19.3. The molecule has 4 rings (SSSR count). The summed E-state index contributed by atoms with van der Waals surface area (Å²) in [5, 5.41) is 4.01. The first-order chi connectivity index (χ1) is 13.7. The molecule has 2 aromatic carbocycles. The molecule has 0 saturated heterocycles. The second-order valence-corrected chi connectivity index (χ2v) is 8.24. The molecule has 1 heterocycles. The molecule has 1 aliphatic rings. The first-order valence-corrected chi connectivity index (χ1v) is 10.8. The summed E-state index contributed by atoms with van der Waals surface area (Å²) < 4.78 is 0. The predicted molar refractivity (Wildman–Crippen MR) is 114 cm³/mol. The van der Waals surface area contributed by atoms with Crippen LogP contribution in [0.4, 0.5) is 0 Å². The number of amides is 1. The van der Waals surface area contributed by atoms with Gasteiger partial charge in [0.05, 0.1) is 17.5 Å². The second-order valence-electron chi connectivity index (χ2n) is 7.28. The average Bonchev–Trinajstić information content (AvgIpc) is 3.07. The van der Waals surface area contributed by atoms with Gasteiger partial charge in [-0.1, -0.05) is 66.4 Å². The van der Waals surface area contributed by atoms with Crippen molar-refractivity contribution in [3.63, 3.8) is 0 Å². The number of fused-ring (bicyclic) bond motifs is 1. The first kappa shape index (κ1) is 18.8. The highest BCUT2D eigenvalue weighted by Crippen LogP contribution is 2.29. The van der Waals surface area contributed by atoms with Crippen molar-refractivity contribution in [3.8, 4) is 0 Å². The number of nitrogens with one attached hydrogen (secondary N) is 2. The number of aryl methyl sites for hydroxylation is 2. The Morgan fingerprint density at radius 3 is 2.82 bits per heavy atom. The molecular formula is C23H25N3OS. The highest BCUT2D eigenvalue weighted by atomic mass is 32.2. The van der Waals surface area contributed by atoms with Gasteiger partial charge in [0.25, 0.3) is 0 Å². The second kappa shape index (κ2) is 8.65. The third-order valence-corrected chi connectivity index (χ3v) is 6.10. The van der Waals surface area contributed by atoms with E-state index in [9.17, 15) is 4.79 Å². The lowest BCUT2D eigenvalue weighted by Crippen LogP contribution is -2.32. The van der Waals surface area contributed by atoms with E-state index in [1.54, 1.807) is 0 Å². The van der Waals surface area contributed by atoms with E-state index in [-0.39, 0.29) is 11.9 Å². The Labute approximate surface area is 170 Å². The van der Waals surface area contributed by atoms with Crippen LogP contribution < -0.4 is 5.32 Å². The molecule has 1 aromatic heterocycles. The first-order valence-electron chi connectivity index (χ1n) is 9.78. The number of rotatable bonds is 6. The maximum Gasteiger partial charge on any atom is 0.230 e. The molecule has 5 heteroatoms. The fraction of sp³-hybridized carbons (Fsp3) is 0.304. The van der Waals surface area contributed by atoms with Gasteiger partial charge in [0.15, 0.2) is 5.16 Å². The van der Waals surface area contributed by atoms with E-state index in [0.717, 1.165) is 42.2 Å². The fourth-order valence-corrected chi connectivity index (χ4v) is 4.52. The van der Waals surface area contributed by atoms with Crippen LogP contribution in [0, 0.1) is 6.92 Å². The normalized spacial score (nSPS) is 15.8. The number of H-pyrrole nitrogens is 1. The Kier molecular flexibility index (Phi) is 5.81. The third kappa shape index (κ3) is 4.47. The molecule has 0 radical (unpaired) electrons. The topological polar surface area (TPSA) is 57.8 Å². The van der Waals surface area contributed by atoms with Crippen LogP contribution in [0.25, 0.3) is 0 Å². The number of carbonyl (C=O) groups excluding carboxylic acids is 1. The summed E-state index contributed by atoms with van der Waals surface area (Å²) in [5.74, 6) is 0.432. The SMILES string of the molecule is Cc1[nH]c(SCC(=O)N[C@@H]2CCCc3ccccc32)nc1Cc1ccccc1. The molecule has 2 N–H and O–H groups in total. The minimum atomic E-state index is 0.0605. The highest BCUT2D eigenvalue weighted by Gasteiger charge is 2.21. The Morgan fingerprint density at radius 2 is 1.96 bits per heavy atom. The number of hydrogen-bond acceptors (Lipinski definition) is 3. The number of thioether (sulfide) groups is 1. The third-order valence-electron chi connectivity index (χ3n) is 5.22. The van der Waals surface area contributed by atoms with Gasteiger partial charge in [-0.05, 0) is 42.9 Å². The van der Waals surface area contributed by atoms with E-state index >= 15 is 0 Å². The van der Waals surface area contributed by atoms with Crippen LogP contribution in [-0.2, 0) is 17.6 Å². The van der Waals surface area contributed by atoms with Crippen molar-refractivity contribution in [1.29, 1.82) is 0 Å². The van der Waals surface area contributed by atoms with E-state index in [1.807, 2.05) is 25.1 Å². The summed E-state index contributed by atoms with van der Waals surface area (Å²) in [6.07, 6.45) is 4.03. The van der Waals surface area contributed by atoms with Crippen molar-refractivity contribution in [2.75, 3.05) is 5.75 Å². The van der Waals surface area contributed by atoms with Crippen LogP contribution in [0.5, 0.6) is 0 Å². The van der Waals surface area contributed by atoms with Gasteiger partial charge in [0.2, 0.25) is 5.91 Å². The number of aromatic amines is 1. The molecule has 1 amide bonds. The van der Waals surface area contributed by atoms with Gasteiger partial charge in [-0.3, -0.25) is 4.79 Å². The monoisotopic (exact) mass is 391 g/mol. The van der Waals surface area contributed by atoms with E-state index in [1.165, 1.54) is 28.5 Å². The molecule has 0 unspecified atom stereocenters. The van der Waals surface area contributed by atoms with Crippen molar-refractivity contribution in [1.82, 2.24) is 15.3 Å². The van der Waals surface area contributed by atoms with Gasteiger partial charge in [0, 0.05) is 12.1 Å². The molecule has 4 nitrogen and oxygen atoms in total. The van der Waals surface area contributed by atoms with Crippen molar-refractivity contribution in [2.45, 2.75) is 43.8 Å². The Bertz CT molecular complexity index is 951. The van der Waals surface area contributed by atoms with Gasteiger partial charge in [-0.25, -0.2) is 4.98 Å². The summed E-state index contributed by atoms with van der Waals surface area (Å²) in [4.78, 5) is 20.5. The zero-order valence-corrected chi connectivity index (χ0v) is 16.9. The predicted octanol–water partition coefficient (Wildman–Crippen LogP) is 4.59. The van der Waals surface area contributed by atoms with Gasteiger partial charge < -0.3 is 10.3 Å². The number of carbonyl (C=O) groups is 1. The molecule has 0 spiro atoms. The van der Waals surface area contributed by atoms with Gasteiger partial charge in [-0.2, -0.15) is 0 Å². The van der Waals surface area contributed by atoms with Gasteiger partial charge in [0.1, 0.15) is 0 Å². The minimum absolute atomic E-state index is 0.0605. The number of imidazole rings is 1. The Balaban J connectivity index is 1.34. The van der Waals surface area contributed by atoms with Crippen LogP contribution in [0.1, 0.15) is 47.0 Å². The molecule has 144 valence electrons. The molecule has 3 aromatic rings. The van der Waals surface area contributed by atoms with E-state index in [4.69, 9.17) is 0 Å². The maximum atomic E-state index is 12.5. The number of nitrogens with zero attached hydrogens (tertiary/aromatic N) is 1. The van der Waals surface area contributed by atoms with Crippen molar-refractivity contribution in [2.24, 2.45) is 0 Å². The molecule has 28 heavy (non-hydrogen) atoms. The largest absolute Gasteiger partial charge is 0.349 e. The van der Waals surface area contributed by atoms with Crippen molar-refractivity contribution >= 4 is 17.7 Å². The van der Waals surface area contributed by atoms with Gasteiger partial charge in [-0.15, -0.1) is 0 Å². The highest BCUT2D eigenvalue weighted by molar-refractivity contribution is 7.99. The molecule has 1 atom stereocenters. The molecule has 0 fully saturated rings. The molecule has 0 bridgehead atoms. The smallest absolute Gasteiger partial charge is 0.230 e. The Hall–Kier alpha value is -2.53. The Morgan fingerprint density at radius 1 is 1.18 bits per heavy atom. The summed E-state index contributed by atoms with van der Waals surface area (Å²) >= 11 is 1.47. The van der Waals surface area contributed by atoms with Crippen LogP contribution in [-0.4, -0.2) is 21.6 Å². The zero-order valence-electron chi connectivity index (χ0n) is 16.1. The quantitative estimate of drug-likeness (QED) is 0.604. The summed E-state index contributed by atoms with van der Waals surface area (Å²) in [5.41, 5.74) is 5.97. The molecule has 0 aliphatic heterocycles. The van der Waals surface area contributed by atoms with E-state index < -0.39 is 0 Å². The van der Waals surface area contributed by atoms with Crippen molar-refractivity contribution < 1.29 is 4.79 Å². The van der Waals surface area contributed by atoms with E-state index in [0.29, 0.717) is 5.75 Å². The summed E-state index contributed by atoms with van der Waals surface area (Å²) in [6.45, 7) is 2.04. The van der Waals surface area contributed by atoms with Crippen molar-refractivity contribution in [3.05, 3.63) is 82.7 Å². The minimum Gasteiger partial charge on any atom is -0.349 e. The fourth-order valence-electron chi connectivity index (χ4n) is 3.77. The van der Waals surface area contributed by atoms with Gasteiger partial charge >= 0.3 is 0 Å². The van der Waals surface area contributed by atoms with Crippen LogP contribution in [0.15, 0.2) is 59.8 Å². The molecule has 1 aliphatic carbocycles. The summed E-state index contributed by atoms with van der Waals surface area (Å²) in [7, 11) is 0.